The number of halogens is 2. The van der Waals surface area contributed by atoms with Crippen LogP contribution in [0.3, 0.4) is 0 Å². The number of carbonyl (C=O) groups excluding carboxylic acids is 2. The molecule has 3 rings (SSSR count). The highest BCUT2D eigenvalue weighted by molar-refractivity contribution is 6.30. The van der Waals surface area contributed by atoms with Crippen molar-refractivity contribution < 1.29 is 19.4 Å². The number of nitrogens with one attached hydrogen (secondary N) is 1. The van der Waals surface area contributed by atoms with Gasteiger partial charge in [0.15, 0.2) is 0 Å². The Kier molecular flexibility index (Phi) is 9.75. The van der Waals surface area contributed by atoms with Gasteiger partial charge >= 0.3 is 5.97 Å². The van der Waals surface area contributed by atoms with Crippen LogP contribution in [0.4, 0.5) is 0 Å². The molecule has 1 fully saturated rings. The van der Waals surface area contributed by atoms with E-state index in [-0.39, 0.29) is 19.1 Å². The number of esters is 1. The summed E-state index contributed by atoms with van der Waals surface area (Å²) in [5, 5.41) is 25.2. The molecule has 2 aromatic rings. The van der Waals surface area contributed by atoms with Gasteiger partial charge in [-0.3, -0.25) is 14.9 Å². The summed E-state index contributed by atoms with van der Waals surface area (Å²) >= 11 is 12.5. The quantitative estimate of drug-likeness (QED) is 0.294. The van der Waals surface area contributed by atoms with Crippen LogP contribution < -0.4 is 11.1 Å². The Morgan fingerprint density at radius 3 is 2.53 bits per heavy atom. The van der Waals surface area contributed by atoms with E-state index in [9.17, 15) is 20.0 Å². The Balaban J connectivity index is 2.08. The van der Waals surface area contributed by atoms with Gasteiger partial charge in [0.25, 0.3) is 0 Å². The number of primary amides is 1. The van der Waals surface area contributed by atoms with E-state index in [2.05, 4.69) is 18.3 Å². The average molecular weight is 532 g/mol. The van der Waals surface area contributed by atoms with Crippen LogP contribution in [-0.4, -0.2) is 41.8 Å². The van der Waals surface area contributed by atoms with E-state index in [1.54, 1.807) is 30.3 Å². The average Bonchev–Trinajstić information content (AvgIpc) is 3.18. The minimum absolute atomic E-state index is 0.324. The maximum absolute atomic E-state index is 13.4. The van der Waals surface area contributed by atoms with Crippen LogP contribution in [0.15, 0.2) is 48.5 Å². The first kappa shape index (κ1) is 27.9. The molecule has 0 bridgehead atoms. The number of carbonyl (C=O) groups is 2. The van der Waals surface area contributed by atoms with E-state index in [1.165, 1.54) is 0 Å². The largest absolute Gasteiger partial charge is 0.462 e. The number of ether oxygens (including phenoxy) is 1. The first-order valence-corrected chi connectivity index (χ1v) is 12.8. The molecule has 1 aliphatic rings. The molecule has 1 aliphatic heterocycles. The lowest BCUT2D eigenvalue weighted by molar-refractivity contribution is -0.150. The summed E-state index contributed by atoms with van der Waals surface area (Å²) in [6.45, 7) is 1.72. The SMILES string of the molecule is CCCCC[C@@H]1N[C@@H](C(=O)OC[C@@H](O)CC(N)=O)[C@H](c2cccc(Cl)c2)[C@@]1(C#N)c1ccc(Cl)cc1. The molecule has 4 N–H and O–H groups in total. The molecule has 0 saturated carbocycles. The number of benzene rings is 2. The van der Waals surface area contributed by atoms with Crippen molar-refractivity contribution in [2.75, 3.05) is 6.61 Å². The zero-order valence-corrected chi connectivity index (χ0v) is 21.6. The van der Waals surface area contributed by atoms with E-state index in [4.69, 9.17) is 33.7 Å². The molecule has 0 aromatic heterocycles. The van der Waals surface area contributed by atoms with Gasteiger partial charge in [0.05, 0.1) is 18.6 Å². The summed E-state index contributed by atoms with van der Waals surface area (Å²) in [6, 6.07) is 15.5. The number of hydrogen-bond donors (Lipinski definition) is 3. The van der Waals surface area contributed by atoms with Crippen LogP contribution in [0.25, 0.3) is 0 Å². The van der Waals surface area contributed by atoms with Crippen molar-refractivity contribution >= 4 is 35.1 Å². The van der Waals surface area contributed by atoms with Crippen molar-refractivity contribution in [1.29, 1.82) is 5.26 Å². The van der Waals surface area contributed by atoms with Crippen LogP contribution >= 0.6 is 23.2 Å². The van der Waals surface area contributed by atoms with E-state index in [0.717, 1.165) is 24.8 Å². The molecule has 0 aliphatic carbocycles. The van der Waals surface area contributed by atoms with E-state index < -0.39 is 35.4 Å². The first-order valence-electron chi connectivity index (χ1n) is 12.0. The van der Waals surface area contributed by atoms with Crippen molar-refractivity contribution in [2.45, 2.75) is 68.5 Å². The lowest BCUT2D eigenvalue weighted by atomic mass is 9.64. The van der Waals surface area contributed by atoms with Crippen molar-refractivity contribution in [1.82, 2.24) is 5.32 Å². The third kappa shape index (κ3) is 6.19. The van der Waals surface area contributed by atoms with E-state index in [0.29, 0.717) is 22.0 Å². The number of aliphatic hydroxyl groups excluding tert-OH is 1. The summed E-state index contributed by atoms with van der Waals surface area (Å²) in [4.78, 5) is 24.5. The Labute approximate surface area is 221 Å². The second-order valence-electron chi connectivity index (χ2n) is 9.17. The second kappa shape index (κ2) is 12.6. The predicted octanol–water partition coefficient (Wildman–Crippen LogP) is 4.24. The molecular weight excluding hydrogens is 501 g/mol. The number of rotatable bonds is 11. The minimum Gasteiger partial charge on any atom is -0.462 e. The molecule has 0 radical (unpaired) electrons. The normalized spacial score (nSPS) is 24.1. The van der Waals surface area contributed by atoms with Gasteiger partial charge in [-0.2, -0.15) is 5.26 Å². The van der Waals surface area contributed by atoms with Gasteiger partial charge in [0.2, 0.25) is 5.91 Å². The number of amides is 1. The highest BCUT2D eigenvalue weighted by Crippen LogP contribution is 2.50. The molecule has 1 saturated heterocycles. The maximum Gasteiger partial charge on any atom is 0.323 e. The van der Waals surface area contributed by atoms with Crippen molar-refractivity contribution in [3.8, 4) is 6.07 Å². The van der Waals surface area contributed by atoms with Crippen molar-refractivity contribution in [3.05, 3.63) is 69.7 Å². The van der Waals surface area contributed by atoms with Crippen molar-refractivity contribution in [2.24, 2.45) is 5.73 Å². The van der Waals surface area contributed by atoms with Gasteiger partial charge in [-0.1, -0.05) is 73.7 Å². The maximum atomic E-state index is 13.4. The number of nitrogens with zero attached hydrogens (tertiary/aromatic N) is 1. The Bertz CT molecular complexity index is 1100. The standard InChI is InChI=1S/C27H31Cl2N3O4/c1-2-3-4-8-22-27(16-30,18-9-11-19(28)12-10-18)24(17-6-5-7-20(29)13-17)25(32-22)26(35)36-15-21(33)14-23(31)34/h5-7,9-13,21-22,24-25,32-33H,2-4,8,14-15H2,1H3,(H2,31,34)/t21-,22-,24-,25+,27-/m0/s1. The lowest BCUT2D eigenvalue weighted by Gasteiger charge is -2.35. The second-order valence-corrected chi connectivity index (χ2v) is 10.0. The molecule has 2 aromatic carbocycles. The van der Waals surface area contributed by atoms with Crippen LogP contribution in [0.2, 0.25) is 10.0 Å². The summed E-state index contributed by atoms with van der Waals surface area (Å²) in [7, 11) is 0. The minimum atomic E-state index is -1.21. The summed E-state index contributed by atoms with van der Waals surface area (Å²) in [5.74, 6) is -1.97. The fourth-order valence-electron chi connectivity index (χ4n) is 5.07. The van der Waals surface area contributed by atoms with E-state index >= 15 is 0 Å². The van der Waals surface area contributed by atoms with Gasteiger partial charge in [-0.15, -0.1) is 0 Å². The molecule has 5 atom stereocenters. The summed E-state index contributed by atoms with van der Waals surface area (Å²) in [6.07, 6.45) is 1.98. The number of unbranched alkanes of at least 4 members (excludes halogenated alkanes) is 2. The van der Waals surface area contributed by atoms with E-state index in [1.807, 2.05) is 18.2 Å². The van der Waals surface area contributed by atoms with Gasteiger partial charge in [-0.25, -0.2) is 0 Å². The number of nitriles is 1. The van der Waals surface area contributed by atoms with Crippen LogP contribution in [0.1, 0.15) is 56.1 Å². The highest BCUT2D eigenvalue weighted by Gasteiger charge is 2.59. The number of hydrogen-bond acceptors (Lipinski definition) is 6. The molecule has 1 amide bonds. The van der Waals surface area contributed by atoms with Gasteiger partial charge in [-0.05, 0) is 41.8 Å². The Morgan fingerprint density at radius 2 is 1.92 bits per heavy atom. The fourth-order valence-corrected chi connectivity index (χ4v) is 5.40. The highest BCUT2D eigenvalue weighted by atomic mass is 35.5. The van der Waals surface area contributed by atoms with Gasteiger partial charge in [0.1, 0.15) is 18.1 Å². The monoisotopic (exact) mass is 531 g/mol. The molecule has 1 heterocycles. The fraction of sp³-hybridized carbons (Fsp3) is 0.444. The Morgan fingerprint density at radius 1 is 1.19 bits per heavy atom. The molecule has 0 unspecified atom stereocenters. The molecule has 36 heavy (non-hydrogen) atoms. The van der Waals surface area contributed by atoms with Crippen LogP contribution in [-0.2, 0) is 19.7 Å². The molecule has 0 spiro atoms. The first-order chi connectivity index (χ1) is 17.2. The molecular formula is C27H31Cl2N3O4. The topological polar surface area (TPSA) is 125 Å². The van der Waals surface area contributed by atoms with Crippen molar-refractivity contribution in [3.63, 3.8) is 0 Å². The smallest absolute Gasteiger partial charge is 0.323 e. The Hall–Kier alpha value is -2.63. The predicted molar refractivity (Wildman–Crippen MR) is 139 cm³/mol. The van der Waals surface area contributed by atoms with Gasteiger partial charge in [0, 0.05) is 22.0 Å². The summed E-state index contributed by atoms with van der Waals surface area (Å²) < 4.78 is 5.41. The van der Waals surface area contributed by atoms with Crippen LogP contribution in [0, 0.1) is 11.3 Å². The van der Waals surface area contributed by atoms with Gasteiger partial charge < -0.3 is 15.6 Å². The summed E-state index contributed by atoms with van der Waals surface area (Å²) in [5.41, 5.74) is 5.45. The molecule has 7 nitrogen and oxygen atoms in total. The third-order valence-corrected chi connectivity index (χ3v) is 7.16. The zero-order valence-electron chi connectivity index (χ0n) is 20.1. The third-order valence-electron chi connectivity index (χ3n) is 6.67. The lowest BCUT2D eigenvalue weighted by Crippen LogP contribution is -2.42. The molecule has 9 heteroatoms. The van der Waals surface area contributed by atoms with Crippen LogP contribution in [0.5, 0.6) is 0 Å². The number of nitrogens with two attached hydrogens (primary N) is 1. The zero-order chi connectivity index (χ0) is 26.3. The molecule has 192 valence electrons. The number of aliphatic hydroxyl groups is 1.